The van der Waals surface area contributed by atoms with Crippen LogP contribution in [0.1, 0.15) is 60.8 Å². The molecule has 0 saturated heterocycles. The molecule has 0 aliphatic rings. The summed E-state index contributed by atoms with van der Waals surface area (Å²) in [5, 5.41) is 36.9. The van der Waals surface area contributed by atoms with Gasteiger partial charge in [0.25, 0.3) is 40.5 Å². The molecule has 0 aromatic heterocycles. The van der Waals surface area contributed by atoms with E-state index in [4.69, 9.17) is 11.5 Å². The number of carbonyl (C=O) groups is 7. The Labute approximate surface area is 499 Å². The van der Waals surface area contributed by atoms with Crippen LogP contribution in [0.4, 0.5) is 4.79 Å². The molecule has 0 saturated carbocycles. The molecular weight excluding hydrogens is 1190 g/mol. The molecule has 15 N–H and O–H groups in total. The Morgan fingerprint density at radius 2 is 0.675 bits per heavy atom. The number of nitrogens with one attached hydrogen (secondary N) is 6. The van der Waals surface area contributed by atoms with Gasteiger partial charge >= 0.3 is 41.6 Å². The van der Waals surface area contributed by atoms with E-state index < -0.39 is 144 Å². The average molecular weight is 1250 g/mol. The maximum absolute atomic E-state index is 13.6. The van der Waals surface area contributed by atoms with Crippen LogP contribution >= 0.6 is 0 Å². The van der Waals surface area contributed by atoms with Crippen LogP contribution in [-0.2, 0) is 94.9 Å². The molecule has 0 heterocycles. The van der Waals surface area contributed by atoms with Gasteiger partial charge in [0.2, 0.25) is 23.6 Å². The summed E-state index contributed by atoms with van der Waals surface area (Å²) >= 11 is 0. The summed E-state index contributed by atoms with van der Waals surface area (Å²) in [4.78, 5) is 89.3. The number of carboxylic acid groups (broad SMARTS) is 2. The smallest absolute Gasteiger partial charge is 0.548 e. The molecule has 6 amide bonds. The molecule has 4 rings (SSSR count). The van der Waals surface area contributed by atoms with E-state index in [1.165, 1.54) is 48.5 Å². The molecule has 0 bridgehead atoms. The Morgan fingerprint density at radius 1 is 0.410 bits per heavy atom. The van der Waals surface area contributed by atoms with Crippen molar-refractivity contribution in [2.24, 2.45) is 11.5 Å². The van der Waals surface area contributed by atoms with E-state index >= 15 is 0 Å². The van der Waals surface area contributed by atoms with Gasteiger partial charge in [0.1, 0.15) is 18.1 Å². The Morgan fingerprint density at radius 3 is 0.952 bits per heavy atom. The molecule has 6 atom stereocenters. The van der Waals surface area contributed by atoms with Crippen molar-refractivity contribution in [3.63, 3.8) is 0 Å². The second-order valence-corrected chi connectivity index (χ2v) is 24.3. The zero-order chi connectivity index (χ0) is 61.2. The number of hydrogen-bond acceptors (Lipinski definition) is 18. The molecule has 29 nitrogen and oxygen atoms in total. The summed E-state index contributed by atoms with van der Waals surface area (Å²) < 4.78 is 129. The quantitative estimate of drug-likeness (QED) is 0.0124. The molecule has 34 heteroatoms. The first-order valence-corrected chi connectivity index (χ1v) is 30.4. The van der Waals surface area contributed by atoms with E-state index in [1.807, 2.05) is 0 Å². The first kappa shape index (κ1) is 70.8. The number of urea groups is 1. The minimum atomic E-state index is -4.58. The minimum absolute atomic E-state index is 0. The number of nitrogens with two attached hydrogens (primary N) is 2. The van der Waals surface area contributed by atoms with E-state index in [9.17, 15) is 95.7 Å². The number of benzene rings is 4. The molecule has 6 unspecified atom stereocenters. The zero-order valence-electron chi connectivity index (χ0n) is 44.2. The van der Waals surface area contributed by atoms with Crippen LogP contribution in [0.5, 0.6) is 0 Å². The van der Waals surface area contributed by atoms with Gasteiger partial charge in [-0.15, -0.1) is 0 Å². The van der Waals surface area contributed by atoms with Crippen molar-refractivity contribution < 1.29 is 125 Å². The number of amides is 6. The Hall–Kier alpha value is -6.47. The van der Waals surface area contributed by atoms with Crippen molar-refractivity contribution in [3.8, 4) is 0 Å². The zero-order valence-corrected chi connectivity index (χ0v) is 49.5. The van der Waals surface area contributed by atoms with Crippen LogP contribution in [0, 0.1) is 0 Å². The van der Waals surface area contributed by atoms with Crippen LogP contribution in [0.3, 0.4) is 0 Å². The molecule has 0 aliphatic carbocycles. The standard InChI is InChI=1S/C49H62N8O21S4.Na/c50-37(25-29-7-15-33(16-8-29)79(67,68)69)43(58)54-39(45(60)56-41(47(62)63)27-31-11-19-35(20-12-31)81(73,74)75)5-1-3-23-52-49(66)53-24-4-2-6-40(55-44(59)38(51)26-30-9-17-34(18-10-30)80(70,71)72)46(61)57-42(48(64)65)28-32-13-21-36(22-14-32)82(76,77)78;/h7-22,37-42H,1-6,23-28,50-51H2,(H,54,58)(H,55,59)(H,56,60)(H,57,61)(H,62,63)(H,64,65)(H2,52,53,66)(H,67,68,69)(H,70,71,72)(H,73,74,75)(H,76,77,78);/q;+1/p-1. The van der Waals surface area contributed by atoms with E-state index in [-0.39, 0.29) is 112 Å². The van der Waals surface area contributed by atoms with E-state index in [0.717, 1.165) is 48.5 Å². The summed E-state index contributed by atoms with van der Waals surface area (Å²) in [6.45, 7) is 0.0109. The minimum Gasteiger partial charge on any atom is -0.548 e. The van der Waals surface area contributed by atoms with Crippen molar-refractivity contribution in [2.75, 3.05) is 13.1 Å². The summed E-state index contributed by atoms with van der Waals surface area (Å²) in [5.74, 6) is -6.93. The van der Waals surface area contributed by atoms with Gasteiger partial charge in [-0.2, -0.15) is 33.7 Å². The van der Waals surface area contributed by atoms with Gasteiger partial charge in [0.15, 0.2) is 0 Å². The fraction of sp³-hybridized carbons (Fsp3) is 0.367. The second kappa shape index (κ2) is 32.0. The molecule has 0 radical (unpaired) electrons. The van der Waals surface area contributed by atoms with Crippen molar-refractivity contribution in [1.29, 1.82) is 0 Å². The number of unbranched alkanes of at least 4 members (excludes halogenated alkanes) is 2. The number of carbonyl (C=O) groups excluding carboxylic acids is 6. The molecule has 4 aromatic rings. The molecule has 0 aliphatic heterocycles. The maximum atomic E-state index is 13.6. The third kappa shape index (κ3) is 24.3. The van der Waals surface area contributed by atoms with Crippen LogP contribution in [0.15, 0.2) is 117 Å². The summed E-state index contributed by atoms with van der Waals surface area (Å²) in [5.41, 5.74) is 13.5. The van der Waals surface area contributed by atoms with Crippen molar-refractivity contribution in [2.45, 2.75) is 120 Å². The largest absolute Gasteiger partial charge is 1.00 e. The normalized spacial score (nSPS) is 14.0. The Kier molecular flexibility index (Phi) is 27.3. The number of carboxylic acids is 2. The molecule has 448 valence electrons. The van der Waals surface area contributed by atoms with Crippen LogP contribution in [-0.4, -0.2) is 148 Å². The van der Waals surface area contributed by atoms with Gasteiger partial charge in [0, 0.05) is 19.5 Å². The Bertz CT molecular complexity index is 3160. The first-order valence-electron chi connectivity index (χ1n) is 24.6. The van der Waals surface area contributed by atoms with Gasteiger partial charge in [-0.1, -0.05) is 48.5 Å². The van der Waals surface area contributed by atoms with E-state index in [0.29, 0.717) is 11.1 Å². The van der Waals surface area contributed by atoms with E-state index in [1.54, 1.807) is 0 Å². The predicted molar refractivity (Wildman–Crippen MR) is 285 cm³/mol. The summed E-state index contributed by atoms with van der Waals surface area (Å²) in [7, 11) is -18.2. The Balaban J connectivity index is 0.0000181. The fourth-order valence-corrected chi connectivity index (χ4v) is 9.72. The van der Waals surface area contributed by atoms with Crippen molar-refractivity contribution in [1.82, 2.24) is 31.9 Å². The van der Waals surface area contributed by atoms with Gasteiger partial charge in [-0.3, -0.25) is 37.4 Å². The molecule has 83 heavy (non-hydrogen) atoms. The third-order valence-corrected chi connectivity index (χ3v) is 15.7. The summed E-state index contributed by atoms with van der Waals surface area (Å²) in [6.07, 6.45) is -0.739. The van der Waals surface area contributed by atoms with Crippen molar-refractivity contribution in [3.05, 3.63) is 119 Å². The second-order valence-electron chi connectivity index (χ2n) is 18.6. The van der Waals surface area contributed by atoms with Crippen LogP contribution in [0.2, 0.25) is 0 Å². The maximum Gasteiger partial charge on any atom is 1.00 e. The van der Waals surface area contributed by atoms with Crippen molar-refractivity contribution >= 4 is 82.1 Å². The van der Waals surface area contributed by atoms with Crippen LogP contribution < -0.4 is 78.0 Å². The van der Waals surface area contributed by atoms with Gasteiger partial charge in [-0.25, -0.2) is 9.59 Å². The number of aliphatic carboxylic acids is 2. The molecule has 0 spiro atoms. The topological polar surface area (TPSA) is 504 Å². The molecule has 0 fully saturated rings. The molecule has 4 aromatic carbocycles. The van der Waals surface area contributed by atoms with Gasteiger partial charge in [0.05, 0.1) is 43.7 Å². The van der Waals surface area contributed by atoms with Gasteiger partial charge < -0.3 is 58.4 Å². The van der Waals surface area contributed by atoms with Gasteiger partial charge in [-0.05, 0) is 129 Å². The SMILES string of the molecule is NC(Cc1ccc(S(=O)(=O)O)cc1)C(=O)NC(CCCCNC(=O)NCCCCC(NC(=O)C(N)Cc1ccc(S(=O)(=O)O)cc1)C(=O)NC(Cc1ccc(S(=O)(=O)O)cc1)C(=O)O)C(=O)NC(Cc1ccc(S(=O)(=O)O)cc1)C(=O)[O-].[Na+]. The number of hydrogen-bond donors (Lipinski definition) is 13. The third-order valence-electron chi connectivity index (χ3n) is 12.2. The first-order chi connectivity index (χ1) is 38.2. The van der Waals surface area contributed by atoms with Crippen LogP contribution in [0.25, 0.3) is 0 Å². The summed E-state index contributed by atoms with van der Waals surface area (Å²) in [6, 6.07) is 9.00. The average Bonchev–Trinajstić information content (AvgIpc) is 3.47. The molecular formula is C49H61N8NaO21S4. The monoisotopic (exact) mass is 1250 g/mol. The van der Waals surface area contributed by atoms with E-state index in [2.05, 4.69) is 31.9 Å². The predicted octanol–water partition coefficient (Wildman–Crippen LogP) is -4.98. The fourth-order valence-electron chi connectivity index (χ4n) is 7.80. The number of rotatable bonds is 32.